The van der Waals surface area contributed by atoms with Crippen LogP contribution in [0.4, 0.5) is 10.5 Å². The van der Waals surface area contributed by atoms with E-state index in [1.165, 1.54) is 0 Å². The predicted molar refractivity (Wildman–Crippen MR) is 121 cm³/mol. The second kappa shape index (κ2) is 9.77. The van der Waals surface area contributed by atoms with Crippen LogP contribution in [0.5, 0.6) is 0 Å². The van der Waals surface area contributed by atoms with Crippen molar-refractivity contribution in [1.82, 2.24) is 5.32 Å². The van der Waals surface area contributed by atoms with Crippen LogP contribution in [0.1, 0.15) is 50.2 Å². The molecule has 31 heavy (non-hydrogen) atoms. The summed E-state index contributed by atoms with van der Waals surface area (Å²) in [5.74, 6) is 0.0825. The number of nitrogens with zero attached hydrogens (tertiary/aromatic N) is 2. The van der Waals surface area contributed by atoms with E-state index in [1.54, 1.807) is 4.90 Å². The van der Waals surface area contributed by atoms with Gasteiger partial charge in [-0.1, -0.05) is 68.3 Å². The number of nitrogens with one attached hydrogen (secondary N) is 1. The van der Waals surface area contributed by atoms with Crippen molar-refractivity contribution in [2.75, 3.05) is 11.4 Å². The maximum absolute atomic E-state index is 13.4. The standard InChI is InChI=1S/C25H29N3O3/c1-2-16-28-21-15-9-8-14-20(21)22(19-12-6-7-13-19)26-23(24(28)29)27-25(30)31-17-18-10-4-3-5-11-18/h3-5,8-11,14-15,19,23H,2,6-7,12-13,16-17H2,1H3,(H,27,30). The molecule has 1 aliphatic carbocycles. The number of carbonyl (C=O) groups excluding carboxylic acids is 2. The molecule has 0 radical (unpaired) electrons. The molecular formula is C25H29N3O3. The Morgan fingerprint density at radius 2 is 1.81 bits per heavy atom. The van der Waals surface area contributed by atoms with Gasteiger partial charge in [0.05, 0.1) is 11.4 Å². The molecule has 162 valence electrons. The molecule has 1 saturated carbocycles. The lowest BCUT2D eigenvalue weighted by molar-refractivity contribution is -0.120. The van der Waals surface area contributed by atoms with E-state index in [9.17, 15) is 9.59 Å². The molecule has 1 N–H and O–H groups in total. The summed E-state index contributed by atoms with van der Waals surface area (Å²) in [5.41, 5.74) is 3.69. The molecule has 2 aliphatic rings. The Morgan fingerprint density at radius 3 is 2.55 bits per heavy atom. The molecule has 1 heterocycles. The van der Waals surface area contributed by atoms with Crippen molar-refractivity contribution in [2.24, 2.45) is 10.9 Å². The number of ether oxygens (including phenoxy) is 1. The first-order chi connectivity index (χ1) is 15.2. The van der Waals surface area contributed by atoms with Gasteiger partial charge in [0, 0.05) is 18.0 Å². The Kier molecular flexibility index (Phi) is 6.65. The molecule has 0 aromatic heterocycles. The normalized spacial score (nSPS) is 18.9. The molecule has 1 atom stereocenters. The van der Waals surface area contributed by atoms with Gasteiger partial charge in [-0.25, -0.2) is 4.79 Å². The number of fused-ring (bicyclic) bond motifs is 1. The molecule has 1 fully saturated rings. The Morgan fingerprint density at radius 1 is 1.10 bits per heavy atom. The van der Waals surface area contributed by atoms with Crippen LogP contribution >= 0.6 is 0 Å². The zero-order chi connectivity index (χ0) is 21.6. The minimum atomic E-state index is -0.988. The summed E-state index contributed by atoms with van der Waals surface area (Å²) >= 11 is 0. The highest BCUT2D eigenvalue weighted by Gasteiger charge is 2.35. The molecule has 2 aromatic carbocycles. The highest BCUT2D eigenvalue weighted by molar-refractivity contribution is 6.14. The maximum atomic E-state index is 13.4. The topological polar surface area (TPSA) is 71.0 Å². The number of para-hydroxylation sites is 1. The Hall–Kier alpha value is -3.15. The third-order valence-corrected chi connectivity index (χ3v) is 5.90. The lowest BCUT2D eigenvalue weighted by Gasteiger charge is -2.25. The van der Waals surface area contributed by atoms with Gasteiger partial charge in [-0.05, 0) is 30.9 Å². The molecule has 4 rings (SSSR count). The van der Waals surface area contributed by atoms with Crippen LogP contribution in [0.3, 0.4) is 0 Å². The van der Waals surface area contributed by atoms with Crippen LogP contribution in [0.25, 0.3) is 0 Å². The summed E-state index contributed by atoms with van der Waals surface area (Å²) < 4.78 is 5.36. The minimum absolute atomic E-state index is 0.145. The van der Waals surface area contributed by atoms with Crippen molar-refractivity contribution < 1.29 is 14.3 Å². The van der Waals surface area contributed by atoms with Gasteiger partial charge < -0.3 is 9.64 Å². The summed E-state index contributed by atoms with van der Waals surface area (Å²) in [6.07, 6.45) is 3.62. The Labute approximate surface area is 183 Å². The minimum Gasteiger partial charge on any atom is -0.445 e. The number of benzodiazepines with no additional fused rings is 1. The third kappa shape index (κ3) is 4.79. The van der Waals surface area contributed by atoms with Crippen LogP contribution in [-0.4, -0.2) is 30.4 Å². The predicted octanol–water partition coefficient (Wildman–Crippen LogP) is 4.68. The number of rotatable bonds is 6. The molecule has 1 unspecified atom stereocenters. The molecule has 0 saturated heterocycles. The van der Waals surface area contributed by atoms with E-state index in [0.29, 0.717) is 12.5 Å². The second-order valence-corrected chi connectivity index (χ2v) is 8.11. The molecule has 0 bridgehead atoms. The number of amides is 2. The van der Waals surface area contributed by atoms with Crippen molar-refractivity contribution in [1.29, 1.82) is 0 Å². The SMILES string of the molecule is CCCN1C(=O)C(NC(=O)OCc2ccccc2)N=C(C2CCCC2)c2ccccc21. The molecule has 2 amide bonds. The smallest absolute Gasteiger partial charge is 0.409 e. The quantitative estimate of drug-likeness (QED) is 0.739. The monoisotopic (exact) mass is 419 g/mol. The number of alkyl carbamates (subject to hydrolysis) is 1. The van der Waals surface area contributed by atoms with Gasteiger partial charge in [0.1, 0.15) is 6.61 Å². The molecule has 2 aromatic rings. The Balaban J connectivity index is 1.60. The summed E-state index contributed by atoms with van der Waals surface area (Å²) in [6.45, 7) is 2.75. The number of benzene rings is 2. The highest BCUT2D eigenvalue weighted by atomic mass is 16.5. The van der Waals surface area contributed by atoms with E-state index in [0.717, 1.165) is 54.6 Å². The summed E-state index contributed by atoms with van der Waals surface area (Å²) in [7, 11) is 0. The van der Waals surface area contributed by atoms with E-state index in [4.69, 9.17) is 9.73 Å². The number of hydrogen-bond acceptors (Lipinski definition) is 4. The first-order valence-electron chi connectivity index (χ1n) is 11.1. The van der Waals surface area contributed by atoms with Crippen molar-refractivity contribution in [3.8, 4) is 0 Å². The fourth-order valence-electron chi connectivity index (χ4n) is 4.41. The average Bonchev–Trinajstić information content (AvgIpc) is 3.30. The number of anilines is 1. The van der Waals surface area contributed by atoms with Crippen molar-refractivity contribution in [2.45, 2.75) is 51.8 Å². The van der Waals surface area contributed by atoms with Crippen LogP contribution in [-0.2, 0) is 16.1 Å². The molecule has 6 heteroatoms. The van der Waals surface area contributed by atoms with E-state index in [2.05, 4.69) is 5.32 Å². The third-order valence-electron chi connectivity index (χ3n) is 5.90. The fraction of sp³-hybridized carbons (Fsp3) is 0.400. The van der Waals surface area contributed by atoms with Crippen molar-refractivity contribution in [3.05, 3.63) is 65.7 Å². The molecular weight excluding hydrogens is 390 g/mol. The molecule has 6 nitrogen and oxygen atoms in total. The van der Waals surface area contributed by atoms with Gasteiger partial charge >= 0.3 is 6.09 Å². The van der Waals surface area contributed by atoms with Gasteiger partial charge in [0.15, 0.2) is 0 Å². The highest BCUT2D eigenvalue weighted by Crippen LogP contribution is 2.34. The van der Waals surface area contributed by atoms with Gasteiger partial charge in [0.25, 0.3) is 5.91 Å². The van der Waals surface area contributed by atoms with Gasteiger partial charge in [0.2, 0.25) is 6.17 Å². The van der Waals surface area contributed by atoms with Crippen molar-refractivity contribution >= 4 is 23.4 Å². The first kappa shape index (κ1) is 21.1. The summed E-state index contributed by atoms with van der Waals surface area (Å²) in [5, 5.41) is 2.72. The number of aliphatic imine (C=N–C) groups is 1. The Bertz CT molecular complexity index is 951. The second-order valence-electron chi connectivity index (χ2n) is 8.11. The average molecular weight is 420 g/mol. The van der Waals surface area contributed by atoms with E-state index >= 15 is 0 Å². The summed E-state index contributed by atoms with van der Waals surface area (Å²) in [6, 6.07) is 17.4. The fourth-order valence-corrected chi connectivity index (χ4v) is 4.41. The summed E-state index contributed by atoms with van der Waals surface area (Å²) in [4.78, 5) is 32.5. The van der Waals surface area contributed by atoms with Crippen LogP contribution in [0.15, 0.2) is 59.6 Å². The van der Waals surface area contributed by atoms with Crippen LogP contribution < -0.4 is 10.2 Å². The lowest BCUT2D eigenvalue weighted by atomic mass is 9.94. The molecule has 0 spiro atoms. The number of carbonyl (C=O) groups is 2. The van der Waals surface area contributed by atoms with Crippen molar-refractivity contribution in [3.63, 3.8) is 0 Å². The lowest BCUT2D eigenvalue weighted by Crippen LogP contribution is -2.47. The van der Waals surface area contributed by atoms with E-state index in [1.807, 2.05) is 61.5 Å². The molecule has 1 aliphatic heterocycles. The maximum Gasteiger partial charge on any atom is 0.409 e. The van der Waals surface area contributed by atoms with Crippen LogP contribution in [0.2, 0.25) is 0 Å². The van der Waals surface area contributed by atoms with Gasteiger partial charge in [-0.3, -0.25) is 15.1 Å². The zero-order valence-electron chi connectivity index (χ0n) is 17.9. The first-order valence-corrected chi connectivity index (χ1v) is 11.1. The number of hydrogen-bond donors (Lipinski definition) is 1. The van der Waals surface area contributed by atoms with Gasteiger partial charge in [-0.15, -0.1) is 0 Å². The van der Waals surface area contributed by atoms with E-state index < -0.39 is 12.3 Å². The van der Waals surface area contributed by atoms with Crippen LogP contribution in [0, 0.1) is 5.92 Å². The zero-order valence-corrected chi connectivity index (χ0v) is 17.9. The van der Waals surface area contributed by atoms with E-state index in [-0.39, 0.29) is 12.5 Å². The largest absolute Gasteiger partial charge is 0.445 e. The van der Waals surface area contributed by atoms with Gasteiger partial charge in [-0.2, -0.15) is 0 Å².